The number of anilines is 1. The minimum atomic E-state index is -0.517. The Kier molecular flexibility index (Phi) is 3.67. The fraction of sp³-hybridized carbons (Fsp3) is 0.0476. The predicted molar refractivity (Wildman–Crippen MR) is 96.3 cm³/mol. The number of carbonyl (C=O) groups excluding carboxylic acids is 1. The number of hydrogen-bond acceptors (Lipinski definition) is 2. The minimum Gasteiger partial charge on any atom is -0.324 e. The van der Waals surface area contributed by atoms with E-state index in [-0.39, 0.29) is 5.91 Å². The maximum absolute atomic E-state index is 12.4. The van der Waals surface area contributed by atoms with Gasteiger partial charge in [-0.2, -0.15) is 0 Å². The van der Waals surface area contributed by atoms with Gasteiger partial charge in [0.2, 0.25) is 0 Å². The van der Waals surface area contributed by atoms with Crippen molar-refractivity contribution in [3.05, 3.63) is 102 Å². The largest absolute Gasteiger partial charge is 0.324 e. The van der Waals surface area contributed by atoms with Crippen LogP contribution in [-0.2, 0) is 4.79 Å². The van der Waals surface area contributed by atoms with Gasteiger partial charge in [-0.15, -0.1) is 0 Å². The first-order valence-electron chi connectivity index (χ1n) is 7.91. The first-order valence-corrected chi connectivity index (χ1v) is 7.91. The van der Waals surface area contributed by atoms with E-state index in [0.717, 1.165) is 28.1 Å². The predicted octanol–water partition coefficient (Wildman–Crippen LogP) is 4.22. The molecule has 116 valence electrons. The quantitative estimate of drug-likeness (QED) is 0.723. The highest BCUT2D eigenvalue weighted by Gasteiger charge is 2.30. The van der Waals surface area contributed by atoms with Crippen molar-refractivity contribution in [2.75, 3.05) is 5.32 Å². The molecular formula is C21H16N2O. The SMILES string of the molecule is O=C1Nc2ccccc2C1N=C(c1ccccc1)c1ccccc1. The molecule has 24 heavy (non-hydrogen) atoms. The Morgan fingerprint density at radius 2 is 1.29 bits per heavy atom. The molecule has 4 rings (SSSR count). The lowest BCUT2D eigenvalue weighted by atomic mass is 10.0. The second-order valence-electron chi connectivity index (χ2n) is 5.69. The lowest BCUT2D eigenvalue weighted by molar-refractivity contribution is -0.116. The number of nitrogens with one attached hydrogen (secondary N) is 1. The average Bonchev–Trinajstić information content (AvgIpc) is 2.96. The third-order valence-electron chi connectivity index (χ3n) is 4.11. The van der Waals surface area contributed by atoms with Crippen LogP contribution in [0.15, 0.2) is 89.9 Å². The van der Waals surface area contributed by atoms with Crippen LogP contribution in [-0.4, -0.2) is 11.6 Å². The van der Waals surface area contributed by atoms with Crippen molar-refractivity contribution in [1.29, 1.82) is 0 Å². The van der Waals surface area contributed by atoms with Crippen molar-refractivity contribution in [2.24, 2.45) is 4.99 Å². The molecule has 0 spiro atoms. The number of amides is 1. The van der Waals surface area contributed by atoms with Crippen molar-refractivity contribution >= 4 is 17.3 Å². The zero-order chi connectivity index (χ0) is 16.4. The summed E-state index contributed by atoms with van der Waals surface area (Å²) in [5.74, 6) is -0.0828. The van der Waals surface area contributed by atoms with E-state index in [1.54, 1.807) is 0 Å². The Morgan fingerprint density at radius 3 is 1.92 bits per heavy atom. The number of nitrogens with zero attached hydrogens (tertiary/aromatic N) is 1. The van der Waals surface area contributed by atoms with Crippen LogP contribution in [0.25, 0.3) is 0 Å². The third kappa shape index (κ3) is 2.61. The molecule has 0 aliphatic carbocycles. The Balaban J connectivity index is 1.85. The Labute approximate surface area is 140 Å². The van der Waals surface area contributed by atoms with Crippen LogP contribution < -0.4 is 5.32 Å². The molecule has 0 saturated carbocycles. The molecule has 1 aliphatic rings. The zero-order valence-corrected chi connectivity index (χ0v) is 13.0. The smallest absolute Gasteiger partial charge is 0.253 e. The third-order valence-corrected chi connectivity index (χ3v) is 4.11. The number of para-hydroxylation sites is 1. The molecule has 0 bridgehead atoms. The van der Waals surface area contributed by atoms with Gasteiger partial charge in [-0.05, 0) is 6.07 Å². The van der Waals surface area contributed by atoms with Gasteiger partial charge in [-0.1, -0.05) is 78.9 Å². The Morgan fingerprint density at radius 1 is 0.750 bits per heavy atom. The van der Waals surface area contributed by atoms with Crippen LogP contribution >= 0.6 is 0 Å². The maximum Gasteiger partial charge on any atom is 0.253 e. The zero-order valence-electron chi connectivity index (χ0n) is 13.0. The van der Waals surface area contributed by atoms with Crippen LogP contribution in [0.3, 0.4) is 0 Å². The van der Waals surface area contributed by atoms with Crippen LogP contribution in [0.4, 0.5) is 5.69 Å². The number of hydrogen-bond donors (Lipinski definition) is 1. The van der Waals surface area contributed by atoms with Crippen LogP contribution in [0.5, 0.6) is 0 Å². The van der Waals surface area contributed by atoms with Gasteiger partial charge in [-0.25, -0.2) is 0 Å². The molecule has 0 saturated heterocycles. The first-order chi connectivity index (χ1) is 11.8. The van der Waals surface area contributed by atoms with Crippen LogP contribution in [0.2, 0.25) is 0 Å². The summed E-state index contributed by atoms with van der Waals surface area (Å²) in [7, 11) is 0. The van der Waals surface area contributed by atoms with E-state index in [1.165, 1.54) is 0 Å². The topological polar surface area (TPSA) is 41.5 Å². The number of benzene rings is 3. The van der Waals surface area contributed by atoms with E-state index < -0.39 is 6.04 Å². The van der Waals surface area contributed by atoms with Crippen molar-refractivity contribution in [1.82, 2.24) is 0 Å². The summed E-state index contributed by atoms with van der Waals surface area (Å²) in [6.07, 6.45) is 0. The molecule has 0 aromatic heterocycles. The van der Waals surface area contributed by atoms with Gasteiger partial charge < -0.3 is 5.32 Å². The molecule has 1 heterocycles. The van der Waals surface area contributed by atoms with E-state index in [9.17, 15) is 4.79 Å². The molecule has 0 fully saturated rings. The number of rotatable bonds is 3. The average molecular weight is 312 g/mol. The van der Waals surface area contributed by atoms with Gasteiger partial charge in [0, 0.05) is 22.4 Å². The molecule has 3 aromatic carbocycles. The molecule has 1 amide bonds. The minimum absolute atomic E-state index is 0.0828. The van der Waals surface area contributed by atoms with E-state index in [4.69, 9.17) is 4.99 Å². The van der Waals surface area contributed by atoms with Gasteiger partial charge in [0.05, 0.1) is 5.71 Å². The second-order valence-corrected chi connectivity index (χ2v) is 5.69. The highest BCUT2D eigenvalue weighted by molar-refractivity contribution is 6.14. The Bertz CT molecular complexity index is 860. The Hall–Kier alpha value is -3.20. The lowest BCUT2D eigenvalue weighted by Crippen LogP contribution is -2.13. The standard InChI is InChI=1S/C21H16N2O/c24-21-20(17-13-7-8-14-18(17)22-21)23-19(15-9-3-1-4-10-15)16-11-5-2-6-12-16/h1-14,20H,(H,22,24). The number of fused-ring (bicyclic) bond motifs is 1. The van der Waals surface area contributed by atoms with Gasteiger partial charge in [0.25, 0.3) is 5.91 Å². The van der Waals surface area contributed by atoms with Crippen molar-refractivity contribution < 1.29 is 4.79 Å². The summed E-state index contributed by atoms with van der Waals surface area (Å²) < 4.78 is 0. The molecule has 3 nitrogen and oxygen atoms in total. The highest BCUT2D eigenvalue weighted by atomic mass is 16.2. The fourth-order valence-electron chi connectivity index (χ4n) is 2.96. The first kappa shape index (κ1) is 14.4. The van der Waals surface area contributed by atoms with Crippen molar-refractivity contribution in [3.8, 4) is 0 Å². The molecule has 3 aromatic rings. The van der Waals surface area contributed by atoms with E-state index in [0.29, 0.717) is 0 Å². The summed E-state index contributed by atoms with van der Waals surface area (Å²) in [6, 6.07) is 27.2. The molecule has 0 radical (unpaired) electrons. The maximum atomic E-state index is 12.4. The van der Waals surface area contributed by atoms with Gasteiger partial charge in [0.15, 0.2) is 6.04 Å². The highest BCUT2D eigenvalue weighted by Crippen LogP contribution is 2.34. The summed E-state index contributed by atoms with van der Waals surface area (Å²) in [4.78, 5) is 17.3. The van der Waals surface area contributed by atoms with Gasteiger partial charge in [-0.3, -0.25) is 9.79 Å². The van der Waals surface area contributed by atoms with E-state index >= 15 is 0 Å². The molecule has 3 heteroatoms. The summed E-state index contributed by atoms with van der Waals surface area (Å²) >= 11 is 0. The summed E-state index contributed by atoms with van der Waals surface area (Å²) in [6.45, 7) is 0. The van der Waals surface area contributed by atoms with Crippen LogP contribution in [0.1, 0.15) is 22.7 Å². The fourth-order valence-corrected chi connectivity index (χ4v) is 2.96. The van der Waals surface area contributed by atoms with Gasteiger partial charge >= 0.3 is 0 Å². The number of carbonyl (C=O) groups is 1. The molecule has 1 aliphatic heterocycles. The van der Waals surface area contributed by atoms with E-state index in [2.05, 4.69) is 5.32 Å². The summed E-state index contributed by atoms with van der Waals surface area (Å²) in [5, 5.41) is 2.91. The summed E-state index contributed by atoms with van der Waals surface area (Å²) in [5.41, 5.74) is 4.60. The normalized spacial score (nSPS) is 15.5. The molecule has 1 atom stereocenters. The number of aliphatic imine (C=N–C) groups is 1. The van der Waals surface area contributed by atoms with Crippen LogP contribution in [0, 0.1) is 0 Å². The van der Waals surface area contributed by atoms with Crippen molar-refractivity contribution in [2.45, 2.75) is 6.04 Å². The van der Waals surface area contributed by atoms with E-state index in [1.807, 2.05) is 84.9 Å². The van der Waals surface area contributed by atoms with Gasteiger partial charge in [0.1, 0.15) is 0 Å². The molecular weight excluding hydrogens is 296 g/mol. The lowest BCUT2D eigenvalue weighted by Gasteiger charge is -2.11. The molecule has 1 N–H and O–H groups in total. The monoisotopic (exact) mass is 312 g/mol. The molecule has 1 unspecified atom stereocenters. The van der Waals surface area contributed by atoms with Crippen molar-refractivity contribution in [3.63, 3.8) is 0 Å². The second kappa shape index (κ2) is 6.13.